The average Bonchev–Trinajstić information content (AvgIpc) is 3.22. The van der Waals surface area contributed by atoms with Gasteiger partial charge in [0.2, 0.25) is 6.10 Å². The van der Waals surface area contributed by atoms with Crippen molar-refractivity contribution in [3.05, 3.63) is 71.0 Å². The highest BCUT2D eigenvalue weighted by Crippen LogP contribution is 2.27. The summed E-state index contributed by atoms with van der Waals surface area (Å²) in [6.07, 6.45) is -0.247. The van der Waals surface area contributed by atoms with Gasteiger partial charge in [0.1, 0.15) is 11.9 Å². The van der Waals surface area contributed by atoms with E-state index in [0.717, 1.165) is 11.1 Å². The normalized spacial score (nSPS) is 20.8. The topological polar surface area (TPSA) is 68.2 Å². The third kappa shape index (κ3) is 3.35. The van der Waals surface area contributed by atoms with E-state index in [2.05, 4.69) is 5.16 Å². The number of carbonyl (C=O) groups excluding carboxylic acids is 2. The van der Waals surface area contributed by atoms with Crippen LogP contribution in [0.15, 0.2) is 53.7 Å². The highest BCUT2D eigenvalue weighted by atomic mass is 19.1. The molecule has 0 saturated carbocycles. The molecule has 0 radical (unpaired) electrons. The summed E-state index contributed by atoms with van der Waals surface area (Å²) < 4.78 is 18.4. The van der Waals surface area contributed by atoms with Crippen LogP contribution in [0.5, 0.6) is 0 Å². The van der Waals surface area contributed by atoms with Gasteiger partial charge >= 0.3 is 5.97 Å². The second kappa shape index (κ2) is 7.42. The molecule has 0 saturated heterocycles. The molecule has 4 rings (SSSR count). The van der Waals surface area contributed by atoms with E-state index >= 15 is 0 Å². The molecule has 2 aliphatic heterocycles. The number of rotatable bonds is 3. The molecular formula is C21H19FN2O4. The summed E-state index contributed by atoms with van der Waals surface area (Å²) in [4.78, 5) is 32.3. The van der Waals surface area contributed by atoms with E-state index in [-0.39, 0.29) is 18.1 Å². The van der Waals surface area contributed by atoms with Gasteiger partial charge in [-0.3, -0.25) is 4.79 Å². The fraction of sp³-hybridized carbons (Fsp3) is 0.286. The molecule has 2 atom stereocenters. The molecule has 0 N–H and O–H groups in total. The number of hydrogen-bond acceptors (Lipinski definition) is 5. The Kier molecular flexibility index (Phi) is 4.81. The van der Waals surface area contributed by atoms with Crippen LogP contribution in [0.4, 0.5) is 4.39 Å². The molecule has 0 aliphatic carbocycles. The van der Waals surface area contributed by atoms with E-state index < -0.39 is 18.1 Å². The molecule has 2 heterocycles. The van der Waals surface area contributed by atoms with Crippen LogP contribution < -0.4 is 0 Å². The molecule has 28 heavy (non-hydrogen) atoms. The molecule has 0 bridgehead atoms. The Morgan fingerprint density at radius 1 is 1.14 bits per heavy atom. The molecule has 144 valence electrons. The van der Waals surface area contributed by atoms with Crippen LogP contribution >= 0.6 is 0 Å². The number of nitrogens with zero attached hydrogens (tertiary/aromatic N) is 2. The van der Waals surface area contributed by atoms with E-state index in [9.17, 15) is 14.0 Å². The monoisotopic (exact) mass is 382 g/mol. The van der Waals surface area contributed by atoms with Crippen LogP contribution in [0.25, 0.3) is 0 Å². The maximum Gasteiger partial charge on any atom is 0.328 e. The summed E-state index contributed by atoms with van der Waals surface area (Å²) in [7, 11) is 1.31. The first-order valence-corrected chi connectivity index (χ1v) is 9.00. The largest absolute Gasteiger partial charge is 0.467 e. The minimum atomic E-state index is -0.851. The first-order chi connectivity index (χ1) is 13.6. The second-order valence-electron chi connectivity index (χ2n) is 6.82. The number of esters is 1. The number of halogens is 1. The van der Waals surface area contributed by atoms with Crippen LogP contribution in [0.3, 0.4) is 0 Å². The first-order valence-electron chi connectivity index (χ1n) is 9.00. The highest BCUT2D eigenvalue weighted by molar-refractivity contribution is 6.04. The summed E-state index contributed by atoms with van der Waals surface area (Å²) in [6, 6.07) is 13.0. The van der Waals surface area contributed by atoms with Gasteiger partial charge in [0, 0.05) is 24.9 Å². The fourth-order valence-corrected chi connectivity index (χ4v) is 3.63. The van der Waals surface area contributed by atoms with Gasteiger partial charge < -0.3 is 14.5 Å². The smallest absolute Gasteiger partial charge is 0.328 e. The number of oxime groups is 1. The summed E-state index contributed by atoms with van der Waals surface area (Å²) >= 11 is 0. The van der Waals surface area contributed by atoms with Crippen molar-refractivity contribution in [2.75, 3.05) is 7.11 Å². The van der Waals surface area contributed by atoms with Gasteiger partial charge in [-0.05, 0) is 23.3 Å². The number of benzene rings is 2. The minimum absolute atomic E-state index is 0.217. The van der Waals surface area contributed by atoms with Crippen LogP contribution in [0.2, 0.25) is 0 Å². The lowest BCUT2D eigenvalue weighted by Crippen LogP contribution is -2.52. The Labute approximate surface area is 161 Å². The van der Waals surface area contributed by atoms with Gasteiger partial charge in [-0.15, -0.1) is 0 Å². The van der Waals surface area contributed by atoms with E-state index in [0.29, 0.717) is 24.2 Å². The lowest BCUT2D eigenvalue weighted by Gasteiger charge is -2.36. The number of hydrogen-bond donors (Lipinski definition) is 0. The summed E-state index contributed by atoms with van der Waals surface area (Å²) in [6.45, 7) is 0.296. The molecule has 2 aromatic rings. The third-order valence-corrected chi connectivity index (χ3v) is 5.11. The van der Waals surface area contributed by atoms with Crippen molar-refractivity contribution in [3.63, 3.8) is 0 Å². The van der Waals surface area contributed by atoms with E-state index in [1.54, 1.807) is 12.1 Å². The number of ether oxygens (including phenoxy) is 1. The Bertz CT molecular complexity index is 959. The molecule has 7 heteroatoms. The lowest BCUT2D eigenvalue weighted by molar-refractivity contribution is -0.158. The van der Waals surface area contributed by atoms with Crippen LogP contribution in [0.1, 0.15) is 23.1 Å². The number of fused-ring (bicyclic) bond motifs is 1. The van der Waals surface area contributed by atoms with Crippen LogP contribution in [-0.4, -0.2) is 41.7 Å². The standard InChI is InChI=1S/C21H19FN2O4/c1-27-21(26)18-10-13-5-2-3-6-15(13)12-24(18)20(25)19-11-17(23-28-19)14-7-4-8-16(22)9-14/h2-9,18-19H,10-12H2,1H3. The zero-order valence-electron chi connectivity index (χ0n) is 15.3. The molecule has 1 amide bonds. The van der Waals surface area contributed by atoms with Gasteiger partial charge in [-0.25, -0.2) is 9.18 Å². The Balaban J connectivity index is 1.54. The van der Waals surface area contributed by atoms with Crippen molar-refractivity contribution in [2.24, 2.45) is 5.16 Å². The summed E-state index contributed by atoms with van der Waals surface area (Å²) in [5.41, 5.74) is 3.08. The van der Waals surface area contributed by atoms with Crippen molar-refractivity contribution >= 4 is 17.6 Å². The minimum Gasteiger partial charge on any atom is -0.467 e. The lowest BCUT2D eigenvalue weighted by atomic mass is 9.93. The maximum atomic E-state index is 13.5. The zero-order valence-corrected chi connectivity index (χ0v) is 15.3. The molecule has 0 fully saturated rings. The second-order valence-corrected chi connectivity index (χ2v) is 6.82. The predicted octanol–water partition coefficient (Wildman–Crippen LogP) is 2.45. The predicted molar refractivity (Wildman–Crippen MR) is 98.9 cm³/mol. The fourth-order valence-electron chi connectivity index (χ4n) is 3.63. The maximum absolute atomic E-state index is 13.5. The van der Waals surface area contributed by atoms with E-state index in [1.165, 1.54) is 24.1 Å². The van der Waals surface area contributed by atoms with Crippen molar-refractivity contribution in [1.82, 2.24) is 4.90 Å². The van der Waals surface area contributed by atoms with E-state index in [4.69, 9.17) is 9.57 Å². The Hall–Kier alpha value is -3.22. The average molecular weight is 382 g/mol. The third-order valence-electron chi connectivity index (χ3n) is 5.11. The van der Waals surface area contributed by atoms with Gasteiger partial charge in [0.25, 0.3) is 5.91 Å². The quantitative estimate of drug-likeness (QED) is 0.765. The van der Waals surface area contributed by atoms with Crippen LogP contribution in [0, 0.1) is 5.82 Å². The van der Waals surface area contributed by atoms with E-state index in [1.807, 2.05) is 24.3 Å². The molecule has 0 aromatic heterocycles. The summed E-state index contributed by atoms with van der Waals surface area (Å²) in [5.74, 6) is -1.18. The molecule has 2 aromatic carbocycles. The zero-order chi connectivity index (χ0) is 19.7. The van der Waals surface area contributed by atoms with Crippen molar-refractivity contribution < 1.29 is 23.6 Å². The number of carbonyl (C=O) groups is 2. The van der Waals surface area contributed by atoms with Crippen molar-refractivity contribution in [1.29, 1.82) is 0 Å². The van der Waals surface area contributed by atoms with Gasteiger partial charge in [-0.1, -0.05) is 41.6 Å². The van der Waals surface area contributed by atoms with Crippen molar-refractivity contribution in [2.45, 2.75) is 31.5 Å². The van der Waals surface area contributed by atoms with Crippen molar-refractivity contribution in [3.8, 4) is 0 Å². The molecular weight excluding hydrogens is 363 g/mol. The van der Waals surface area contributed by atoms with Gasteiger partial charge in [-0.2, -0.15) is 0 Å². The van der Waals surface area contributed by atoms with Gasteiger partial charge in [0.15, 0.2) is 0 Å². The Morgan fingerprint density at radius 2 is 1.93 bits per heavy atom. The molecule has 2 aliphatic rings. The summed E-state index contributed by atoms with van der Waals surface area (Å²) in [5, 5.41) is 3.97. The van der Waals surface area contributed by atoms with Gasteiger partial charge in [0.05, 0.1) is 12.8 Å². The Morgan fingerprint density at radius 3 is 2.68 bits per heavy atom. The highest BCUT2D eigenvalue weighted by Gasteiger charge is 2.40. The molecule has 0 spiro atoms. The number of methoxy groups -OCH3 is 1. The van der Waals surface area contributed by atoms with Crippen LogP contribution in [-0.2, 0) is 32.1 Å². The first kappa shape index (κ1) is 18.2. The number of amides is 1. The SMILES string of the molecule is COC(=O)C1Cc2ccccc2CN1C(=O)C1CC(c2cccc(F)c2)=NO1. The molecule has 2 unspecified atom stereocenters. The molecule has 6 nitrogen and oxygen atoms in total.